The van der Waals surface area contributed by atoms with Crippen LogP contribution in [0.1, 0.15) is 32.6 Å². The minimum atomic E-state index is 0.627. The monoisotopic (exact) mass is 281 g/mol. The second kappa shape index (κ2) is 6.66. The molecule has 0 aliphatic heterocycles. The minimum Gasteiger partial charge on any atom is -0.457 e. The first kappa shape index (κ1) is 14.0. The van der Waals surface area contributed by atoms with Gasteiger partial charge in [-0.2, -0.15) is 0 Å². The molecule has 0 atom stereocenters. The van der Waals surface area contributed by atoms with E-state index in [4.69, 9.17) is 4.74 Å². The Balaban J connectivity index is 1.57. The van der Waals surface area contributed by atoms with Gasteiger partial charge in [-0.15, -0.1) is 0 Å². The van der Waals surface area contributed by atoms with Crippen LogP contribution in [0.2, 0.25) is 0 Å². The van der Waals surface area contributed by atoms with E-state index in [1.54, 1.807) is 0 Å². The molecular formula is C19H23NO. The maximum Gasteiger partial charge on any atom is 0.127 e. The third-order valence-corrected chi connectivity index (χ3v) is 4.22. The van der Waals surface area contributed by atoms with E-state index >= 15 is 0 Å². The first-order valence-corrected chi connectivity index (χ1v) is 7.89. The molecule has 110 valence electrons. The fourth-order valence-corrected chi connectivity index (χ4v) is 2.88. The predicted molar refractivity (Wildman–Crippen MR) is 88.0 cm³/mol. The molecule has 2 nitrogen and oxygen atoms in total. The Hall–Kier alpha value is -1.96. The SMILES string of the molecule is CC1CCC(Nc2ccc(Oc3ccccc3)cc2)CC1. The van der Waals surface area contributed by atoms with Gasteiger partial charge in [0.2, 0.25) is 0 Å². The van der Waals surface area contributed by atoms with E-state index in [1.807, 2.05) is 42.5 Å². The van der Waals surface area contributed by atoms with Crippen LogP contribution in [-0.4, -0.2) is 6.04 Å². The molecule has 1 saturated carbocycles. The van der Waals surface area contributed by atoms with Crippen molar-refractivity contribution in [3.05, 3.63) is 54.6 Å². The van der Waals surface area contributed by atoms with Crippen molar-refractivity contribution in [2.75, 3.05) is 5.32 Å². The molecule has 0 spiro atoms. The number of hydrogen-bond donors (Lipinski definition) is 1. The zero-order valence-electron chi connectivity index (χ0n) is 12.6. The number of hydrogen-bond acceptors (Lipinski definition) is 2. The summed E-state index contributed by atoms with van der Waals surface area (Å²) in [5, 5.41) is 3.64. The van der Waals surface area contributed by atoms with Crippen molar-refractivity contribution in [2.45, 2.75) is 38.6 Å². The lowest BCUT2D eigenvalue weighted by Gasteiger charge is -2.27. The molecule has 0 heterocycles. The standard InChI is InChI=1S/C19H23NO/c1-15-7-9-16(10-8-15)20-17-11-13-19(14-12-17)21-18-5-3-2-4-6-18/h2-6,11-16,20H,7-10H2,1H3. The van der Waals surface area contributed by atoms with Crippen LogP contribution >= 0.6 is 0 Å². The average molecular weight is 281 g/mol. The van der Waals surface area contributed by atoms with Crippen LogP contribution in [0.25, 0.3) is 0 Å². The highest BCUT2D eigenvalue weighted by Crippen LogP contribution is 2.27. The minimum absolute atomic E-state index is 0.627. The molecule has 0 bridgehead atoms. The Morgan fingerprint density at radius 3 is 2.10 bits per heavy atom. The van der Waals surface area contributed by atoms with Gasteiger partial charge in [-0.3, -0.25) is 0 Å². The third-order valence-electron chi connectivity index (χ3n) is 4.22. The number of benzene rings is 2. The van der Waals surface area contributed by atoms with Gasteiger partial charge in [0.1, 0.15) is 11.5 Å². The van der Waals surface area contributed by atoms with Gasteiger partial charge in [0.05, 0.1) is 0 Å². The third kappa shape index (κ3) is 4.01. The zero-order valence-corrected chi connectivity index (χ0v) is 12.6. The van der Waals surface area contributed by atoms with E-state index in [0.717, 1.165) is 17.4 Å². The van der Waals surface area contributed by atoms with Gasteiger partial charge in [0, 0.05) is 11.7 Å². The topological polar surface area (TPSA) is 21.3 Å². The molecule has 0 radical (unpaired) electrons. The molecule has 2 heteroatoms. The Labute approximate surface area is 127 Å². The van der Waals surface area contributed by atoms with Crippen LogP contribution in [-0.2, 0) is 0 Å². The van der Waals surface area contributed by atoms with Crippen LogP contribution in [0.15, 0.2) is 54.6 Å². The fourth-order valence-electron chi connectivity index (χ4n) is 2.88. The van der Waals surface area contributed by atoms with Gasteiger partial charge in [0.15, 0.2) is 0 Å². The average Bonchev–Trinajstić information content (AvgIpc) is 2.53. The summed E-state index contributed by atoms with van der Waals surface area (Å²) in [6.07, 6.45) is 5.24. The zero-order chi connectivity index (χ0) is 14.5. The summed E-state index contributed by atoms with van der Waals surface area (Å²) in [4.78, 5) is 0. The quantitative estimate of drug-likeness (QED) is 0.802. The number of para-hydroxylation sites is 1. The predicted octanol–water partition coefficient (Wildman–Crippen LogP) is 5.47. The van der Waals surface area contributed by atoms with Crippen LogP contribution in [0, 0.1) is 5.92 Å². The van der Waals surface area contributed by atoms with Crippen molar-refractivity contribution in [3.8, 4) is 11.5 Å². The van der Waals surface area contributed by atoms with Crippen LogP contribution < -0.4 is 10.1 Å². The van der Waals surface area contributed by atoms with E-state index in [9.17, 15) is 0 Å². The smallest absolute Gasteiger partial charge is 0.127 e. The summed E-state index contributed by atoms with van der Waals surface area (Å²) in [6.45, 7) is 2.35. The normalized spacial score (nSPS) is 21.8. The maximum absolute atomic E-state index is 5.81. The van der Waals surface area contributed by atoms with Crippen LogP contribution in [0.5, 0.6) is 11.5 Å². The number of rotatable bonds is 4. The van der Waals surface area contributed by atoms with Crippen molar-refractivity contribution in [1.29, 1.82) is 0 Å². The van der Waals surface area contributed by atoms with Crippen LogP contribution in [0.4, 0.5) is 5.69 Å². The van der Waals surface area contributed by atoms with Crippen molar-refractivity contribution < 1.29 is 4.74 Å². The summed E-state index contributed by atoms with van der Waals surface area (Å²) in [5.41, 5.74) is 1.19. The summed E-state index contributed by atoms with van der Waals surface area (Å²) < 4.78 is 5.81. The molecule has 2 aromatic rings. The Kier molecular flexibility index (Phi) is 4.44. The van der Waals surface area contributed by atoms with Gasteiger partial charge in [-0.1, -0.05) is 25.1 Å². The molecule has 1 aliphatic rings. The molecular weight excluding hydrogens is 258 g/mol. The number of ether oxygens (including phenoxy) is 1. The second-order valence-electron chi connectivity index (χ2n) is 6.04. The molecule has 2 aromatic carbocycles. The molecule has 1 N–H and O–H groups in total. The van der Waals surface area contributed by atoms with Gasteiger partial charge in [0.25, 0.3) is 0 Å². The van der Waals surface area contributed by atoms with Gasteiger partial charge >= 0.3 is 0 Å². The van der Waals surface area contributed by atoms with Crippen molar-refractivity contribution in [1.82, 2.24) is 0 Å². The van der Waals surface area contributed by atoms with E-state index in [0.29, 0.717) is 6.04 Å². The fraction of sp³-hybridized carbons (Fsp3) is 0.368. The van der Waals surface area contributed by atoms with E-state index < -0.39 is 0 Å². The van der Waals surface area contributed by atoms with Gasteiger partial charge in [-0.05, 0) is 68.0 Å². The second-order valence-corrected chi connectivity index (χ2v) is 6.04. The first-order valence-electron chi connectivity index (χ1n) is 7.89. The molecule has 1 aliphatic carbocycles. The van der Waals surface area contributed by atoms with Crippen molar-refractivity contribution >= 4 is 5.69 Å². The van der Waals surface area contributed by atoms with Gasteiger partial charge < -0.3 is 10.1 Å². The lowest BCUT2D eigenvalue weighted by Crippen LogP contribution is -2.25. The molecule has 0 saturated heterocycles. The molecule has 3 rings (SSSR count). The summed E-state index contributed by atoms with van der Waals surface area (Å²) in [7, 11) is 0. The summed E-state index contributed by atoms with van der Waals surface area (Å²) in [6, 6.07) is 18.8. The van der Waals surface area contributed by atoms with E-state index in [2.05, 4.69) is 24.4 Å². The molecule has 0 amide bonds. The highest BCUT2D eigenvalue weighted by molar-refractivity contribution is 5.48. The van der Waals surface area contributed by atoms with Crippen LogP contribution in [0.3, 0.4) is 0 Å². The highest BCUT2D eigenvalue weighted by atomic mass is 16.5. The Bertz CT molecular complexity index is 542. The number of nitrogens with one attached hydrogen (secondary N) is 1. The Morgan fingerprint density at radius 1 is 0.810 bits per heavy atom. The molecule has 0 unspecified atom stereocenters. The van der Waals surface area contributed by atoms with E-state index in [1.165, 1.54) is 31.4 Å². The summed E-state index contributed by atoms with van der Waals surface area (Å²) in [5.74, 6) is 2.65. The molecule has 21 heavy (non-hydrogen) atoms. The lowest BCUT2D eigenvalue weighted by molar-refractivity contribution is 0.361. The van der Waals surface area contributed by atoms with Crippen molar-refractivity contribution in [3.63, 3.8) is 0 Å². The lowest BCUT2D eigenvalue weighted by atomic mass is 9.87. The Morgan fingerprint density at radius 2 is 1.43 bits per heavy atom. The highest BCUT2D eigenvalue weighted by Gasteiger charge is 2.17. The van der Waals surface area contributed by atoms with Crippen molar-refractivity contribution in [2.24, 2.45) is 5.92 Å². The maximum atomic E-state index is 5.81. The first-order chi connectivity index (χ1) is 10.3. The summed E-state index contributed by atoms with van der Waals surface area (Å²) >= 11 is 0. The number of anilines is 1. The largest absolute Gasteiger partial charge is 0.457 e. The van der Waals surface area contributed by atoms with E-state index in [-0.39, 0.29) is 0 Å². The van der Waals surface area contributed by atoms with Gasteiger partial charge in [-0.25, -0.2) is 0 Å². The molecule has 1 fully saturated rings. The molecule has 0 aromatic heterocycles.